The maximum atomic E-state index is 12.9. The second kappa shape index (κ2) is 8.73. The molecule has 12 nitrogen and oxygen atoms in total. The van der Waals surface area contributed by atoms with Gasteiger partial charge in [-0.2, -0.15) is 4.98 Å². The fourth-order valence-corrected chi connectivity index (χ4v) is 4.01. The fraction of sp³-hybridized carbons (Fsp3) is 0.450. The molecule has 2 fully saturated rings. The number of hydrogen-bond acceptors (Lipinski definition) is 9. The summed E-state index contributed by atoms with van der Waals surface area (Å²) < 4.78 is 0. The molecule has 168 valence electrons. The first-order valence-corrected chi connectivity index (χ1v) is 10.4. The van der Waals surface area contributed by atoms with Gasteiger partial charge in [0.2, 0.25) is 5.95 Å². The Bertz CT molecular complexity index is 1030. The van der Waals surface area contributed by atoms with Gasteiger partial charge >= 0.3 is 0 Å². The number of benzene rings is 1. The molecule has 0 aliphatic carbocycles. The van der Waals surface area contributed by atoms with Gasteiger partial charge in [0.1, 0.15) is 5.82 Å². The number of nitrogens with zero attached hydrogens (tertiary/aromatic N) is 7. The van der Waals surface area contributed by atoms with Crippen LogP contribution in [0.25, 0.3) is 0 Å². The van der Waals surface area contributed by atoms with Crippen LogP contribution in [-0.4, -0.2) is 69.9 Å². The first kappa shape index (κ1) is 21.4. The van der Waals surface area contributed by atoms with Crippen LogP contribution < -0.4 is 9.80 Å². The zero-order valence-corrected chi connectivity index (χ0v) is 17.6. The fourth-order valence-electron chi connectivity index (χ4n) is 4.01. The van der Waals surface area contributed by atoms with E-state index >= 15 is 0 Å². The van der Waals surface area contributed by atoms with Crippen molar-refractivity contribution in [1.29, 1.82) is 0 Å². The largest absolute Gasteiger partial charge is 0.356 e. The number of carbonyl (C=O) groups is 1. The van der Waals surface area contributed by atoms with E-state index in [1.807, 2.05) is 17.9 Å². The molecule has 2 aliphatic heterocycles. The number of carbonyl (C=O) groups excluding carboxylic acids is 1. The normalized spacial score (nSPS) is 16.3. The number of amides is 1. The van der Waals surface area contributed by atoms with E-state index < -0.39 is 27.1 Å². The van der Waals surface area contributed by atoms with E-state index in [2.05, 4.69) is 9.88 Å². The van der Waals surface area contributed by atoms with Crippen LogP contribution >= 0.6 is 0 Å². The third-order valence-electron chi connectivity index (χ3n) is 5.68. The van der Waals surface area contributed by atoms with E-state index in [-0.39, 0.29) is 5.56 Å². The lowest BCUT2D eigenvalue weighted by Gasteiger charge is -2.35. The molecule has 0 N–H and O–H groups in total. The third kappa shape index (κ3) is 4.43. The van der Waals surface area contributed by atoms with Gasteiger partial charge in [-0.3, -0.25) is 25.0 Å². The highest BCUT2D eigenvalue weighted by atomic mass is 16.6. The number of non-ortho nitro benzene ring substituents is 2. The molecule has 4 rings (SSSR count). The van der Waals surface area contributed by atoms with Gasteiger partial charge in [0, 0.05) is 63.2 Å². The molecule has 0 unspecified atom stereocenters. The van der Waals surface area contributed by atoms with Crippen LogP contribution in [-0.2, 0) is 0 Å². The molecule has 0 bridgehead atoms. The SMILES string of the molecule is Cc1cc(N2CCCC2)nc(N2CCN(C(=O)c3cc([N+](=O)[O-])cc([N+](=O)[O-])c3)CC2)n1. The van der Waals surface area contributed by atoms with Gasteiger partial charge in [-0.15, -0.1) is 0 Å². The van der Waals surface area contributed by atoms with Gasteiger partial charge in [0.15, 0.2) is 0 Å². The van der Waals surface area contributed by atoms with Crippen molar-refractivity contribution in [3.05, 3.63) is 55.8 Å². The maximum Gasteiger partial charge on any atom is 0.277 e. The third-order valence-corrected chi connectivity index (χ3v) is 5.68. The zero-order valence-electron chi connectivity index (χ0n) is 17.6. The van der Waals surface area contributed by atoms with Crippen LogP contribution in [0.4, 0.5) is 23.1 Å². The minimum Gasteiger partial charge on any atom is -0.356 e. The van der Waals surface area contributed by atoms with Gasteiger partial charge in [-0.05, 0) is 19.8 Å². The Morgan fingerprint density at radius 1 is 0.844 bits per heavy atom. The molecular weight excluding hydrogens is 418 g/mol. The highest BCUT2D eigenvalue weighted by Gasteiger charge is 2.27. The Morgan fingerprint density at radius 2 is 1.44 bits per heavy atom. The summed E-state index contributed by atoms with van der Waals surface area (Å²) in [5.74, 6) is 1.05. The van der Waals surface area contributed by atoms with Crippen molar-refractivity contribution in [2.24, 2.45) is 0 Å². The number of aromatic nitrogens is 2. The standard InChI is InChI=1S/C20H23N7O5/c1-14-10-18(23-4-2-3-5-23)22-20(21-14)25-8-6-24(7-9-25)19(28)15-11-16(26(29)30)13-17(12-15)27(31)32/h10-13H,2-9H2,1H3. The number of hydrogen-bond donors (Lipinski definition) is 0. The van der Waals surface area contributed by atoms with Crippen molar-refractivity contribution < 1.29 is 14.6 Å². The Balaban J connectivity index is 1.48. The minimum atomic E-state index is -0.741. The number of piperazine rings is 1. The molecule has 1 amide bonds. The van der Waals surface area contributed by atoms with Crippen molar-refractivity contribution in [3.8, 4) is 0 Å². The number of nitro benzene ring substituents is 2. The highest BCUT2D eigenvalue weighted by molar-refractivity contribution is 5.95. The quantitative estimate of drug-likeness (QED) is 0.504. The Kier molecular flexibility index (Phi) is 5.84. The van der Waals surface area contributed by atoms with E-state index in [0.717, 1.165) is 55.6 Å². The molecule has 3 heterocycles. The monoisotopic (exact) mass is 441 g/mol. The van der Waals surface area contributed by atoms with Crippen LogP contribution in [0.2, 0.25) is 0 Å². The summed E-state index contributed by atoms with van der Waals surface area (Å²) in [6.45, 7) is 5.58. The second-order valence-corrected chi connectivity index (χ2v) is 7.89. The summed E-state index contributed by atoms with van der Waals surface area (Å²) in [7, 11) is 0. The minimum absolute atomic E-state index is 0.0672. The van der Waals surface area contributed by atoms with Crippen molar-refractivity contribution in [3.63, 3.8) is 0 Å². The van der Waals surface area contributed by atoms with Gasteiger partial charge in [-0.25, -0.2) is 4.98 Å². The van der Waals surface area contributed by atoms with Crippen molar-refractivity contribution in [2.75, 3.05) is 49.1 Å². The van der Waals surface area contributed by atoms with Crippen LogP contribution in [0.1, 0.15) is 28.9 Å². The smallest absolute Gasteiger partial charge is 0.277 e. The summed E-state index contributed by atoms with van der Waals surface area (Å²) in [6.07, 6.45) is 2.30. The van der Waals surface area contributed by atoms with E-state index in [9.17, 15) is 25.0 Å². The highest BCUT2D eigenvalue weighted by Crippen LogP contribution is 2.25. The van der Waals surface area contributed by atoms with Crippen molar-refractivity contribution in [2.45, 2.75) is 19.8 Å². The first-order valence-electron chi connectivity index (χ1n) is 10.4. The molecule has 0 spiro atoms. The van der Waals surface area contributed by atoms with Crippen LogP contribution in [0.15, 0.2) is 24.3 Å². The lowest BCUT2D eigenvalue weighted by Crippen LogP contribution is -2.49. The molecule has 0 saturated carbocycles. The lowest BCUT2D eigenvalue weighted by atomic mass is 10.1. The molecule has 2 aliphatic rings. The summed E-state index contributed by atoms with van der Waals surface area (Å²) in [6, 6.07) is 4.98. The summed E-state index contributed by atoms with van der Waals surface area (Å²) in [5, 5.41) is 22.2. The maximum absolute atomic E-state index is 12.9. The topological polar surface area (TPSA) is 139 Å². The average molecular weight is 441 g/mol. The van der Waals surface area contributed by atoms with Crippen LogP contribution in [0.3, 0.4) is 0 Å². The van der Waals surface area contributed by atoms with Gasteiger partial charge in [0.25, 0.3) is 17.3 Å². The molecule has 1 aromatic heterocycles. The Morgan fingerprint density at radius 3 is 2.00 bits per heavy atom. The first-order chi connectivity index (χ1) is 15.3. The van der Waals surface area contributed by atoms with E-state index in [0.29, 0.717) is 32.1 Å². The second-order valence-electron chi connectivity index (χ2n) is 7.89. The van der Waals surface area contributed by atoms with Crippen molar-refractivity contribution in [1.82, 2.24) is 14.9 Å². The molecule has 32 heavy (non-hydrogen) atoms. The lowest BCUT2D eigenvalue weighted by molar-refractivity contribution is -0.394. The summed E-state index contributed by atoms with van der Waals surface area (Å²) in [4.78, 5) is 48.7. The van der Waals surface area contributed by atoms with E-state index in [1.54, 1.807) is 0 Å². The molecule has 1 aromatic carbocycles. The molecule has 2 saturated heterocycles. The van der Waals surface area contributed by atoms with Crippen LogP contribution in [0, 0.1) is 27.2 Å². The van der Waals surface area contributed by atoms with Gasteiger partial charge < -0.3 is 14.7 Å². The van der Waals surface area contributed by atoms with E-state index in [4.69, 9.17) is 4.98 Å². The molecule has 2 aromatic rings. The molecular formula is C20H23N7O5. The Hall–Kier alpha value is -3.83. The number of aryl methyl sites for hydroxylation is 1. The van der Waals surface area contributed by atoms with Crippen molar-refractivity contribution >= 4 is 29.0 Å². The van der Waals surface area contributed by atoms with Crippen LogP contribution in [0.5, 0.6) is 0 Å². The Labute approximate surface area is 183 Å². The van der Waals surface area contributed by atoms with Gasteiger partial charge in [-0.1, -0.05) is 0 Å². The molecule has 0 radical (unpaired) electrons. The van der Waals surface area contributed by atoms with E-state index in [1.165, 1.54) is 4.90 Å². The number of rotatable bonds is 5. The molecule has 0 atom stereocenters. The predicted octanol–water partition coefficient (Wildman–Crippen LogP) is 2.16. The predicted molar refractivity (Wildman–Crippen MR) is 116 cm³/mol. The average Bonchev–Trinajstić information content (AvgIpc) is 3.33. The summed E-state index contributed by atoms with van der Waals surface area (Å²) in [5.41, 5.74) is -0.158. The van der Waals surface area contributed by atoms with Gasteiger partial charge in [0.05, 0.1) is 21.5 Å². The number of anilines is 2. The zero-order chi connectivity index (χ0) is 22.8. The summed E-state index contributed by atoms with van der Waals surface area (Å²) >= 11 is 0. The number of nitro groups is 2. The molecule has 12 heteroatoms.